The van der Waals surface area contributed by atoms with E-state index in [2.05, 4.69) is 10.4 Å². The zero-order valence-corrected chi connectivity index (χ0v) is 8.90. The Morgan fingerprint density at radius 3 is 2.29 bits per heavy atom. The molecule has 88 valence electrons. The molecule has 17 heavy (non-hydrogen) atoms. The van der Waals surface area contributed by atoms with Crippen LogP contribution < -0.4 is 11.3 Å². The van der Waals surface area contributed by atoms with Gasteiger partial charge in [-0.05, 0) is 24.3 Å². The van der Waals surface area contributed by atoms with Crippen molar-refractivity contribution in [3.63, 3.8) is 0 Å². The Labute approximate surface area is 97.3 Å². The number of benzene rings is 1. The first-order chi connectivity index (χ1) is 8.24. The highest BCUT2D eigenvalue weighted by Gasteiger charge is 2.21. The third kappa shape index (κ3) is 2.30. The van der Waals surface area contributed by atoms with E-state index in [4.69, 9.17) is 5.84 Å². The largest absolute Gasteiger partial charge is 0.271 e. The zero-order valence-electron chi connectivity index (χ0n) is 8.90. The summed E-state index contributed by atoms with van der Waals surface area (Å²) in [6.45, 7) is 0. The van der Waals surface area contributed by atoms with Crippen molar-refractivity contribution in [1.82, 2.24) is 10.4 Å². The van der Waals surface area contributed by atoms with E-state index >= 15 is 0 Å². The van der Waals surface area contributed by atoms with Crippen LogP contribution in [0.2, 0.25) is 0 Å². The van der Waals surface area contributed by atoms with Crippen molar-refractivity contribution in [3.8, 4) is 0 Å². The van der Waals surface area contributed by atoms with Gasteiger partial charge in [-0.15, -0.1) is 0 Å². The van der Waals surface area contributed by atoms with Gasteiger partial charge >= 0.3 is 0 Å². The Morgan fingerprint density at radius 1 is 1.06 bits per heavy atom. The second-order valence-electron chi connectivity index (χ2n) is 3.49. The summed E-state index contributed by atoms with van der Waals surface area (Å²) >= 11 is 0. The average Bonchev–Trinajstić information content (AvgIpc) is 2.35. The first kappa shape index (κ1) is 11.6. The number of pyridine rings is 1. The SMILES string of the molecule is NNC(c1ccccn1)c1c(F)cccc1F. The molecule has 0 saturated carbocycles. The maximum Gasteiger partial charge on any atom is 0.131 e. The van der Waals surface area contributed by atoms with Crippen molar-refractivity contribution in [1.29, 1.82) is 0 Å². The third-order valence-corrected chi connectivity index (χ3v) is 2.44. The van der Waals surface area contributed by atoms with E-state index in [-0.39, 0.29) is 5.56 Å². The lowest BCUT2D eigenvalue weighted by molar-refractivity contribution is 0.505. The van der Waals surface area contributed by atoms with Gasteiger partial charge in [0.05, 0.1) is 11.7 Å². The molecule has 1 atom stereocenters. The maximum atomic E-state index is 13.6. The predicted molar refractivity (Wildman–Crippen MR) is 59.8 cm³/mol. The number of nitrogens with zero attached hydrogens (tertiary/aromatic N) is 1. The Morgan fingerprint density at radius 2 is 1.76 bits per heavy atom. The Hall–Kier alpha value is -1.85. The van der Waals surface area contributed by atoms with Gasteiger partial charge in [0.2, 0.25) is 0 Å². The van der Waals surface area contributed by atoms with Gasteiger partial charge < -0.3 is 0 Å². The molecule has 3 N–H and O–H groups in total. The molecule has 0 aliphatic carbocycles. The van der Waals surface area contributed by atoms with Crippen molar-refractivity contribution in [2.24, 2.45) is 5.84 Å². The predicted octanol–water partition coefficient (Wildman–Crippen LogP) is 1.91. The molecule has 0 amide bonds. The highest BCUT2D eigenvalue weighted by atomic mass is 19.1. The van der Waals surface area contributed by atoms with Crippen molar-refractivity contribution in [2.45, 2.75) is 6.04 Å². The molecule has 0 saturated heterocycles. The molecule has 0 spiro atoms. The first-order valence-corrected chi connectivity index (χ1v) is 5.05. The molecule has 1 unspecified atom stereocenters. The molecule has 2 aromatic rings. The molecule has 1 aromatic carbocycles. The summed E-state index contributed by atoms with van der Waals surface area (Å²) < 4.78 is 27.2. The van der Waals surface area contributed by atoms with Crippen LogP contribution >= 0.6 is 0 Å². The second-order valence-corrected chi connectivity index (χ2v) is 3.49. The van der Waals surface area contributed by atoms with Crippen LogP contribution in [-0.2, 0) is 0 Å². The van der Waals surface area contributed by atoms with E-state index < -0.39 is 17.7 Å². The highest BCUT2D eigenvalue weighted by Crippen LogP contribution is 2.24. The van der Waals surface area contributed by atoms with Crippen LogP contribution in [0.25, 0.3) is 0 Å². The number of hydrogen-bond acceptors (Lipinski definition) is 3. The summed E-state index contributed by atoms with van der Waals surface area (Å²) in [5, 5.41) is 0. The standard InChI is InChI=1S/C12H11F2N3/c13-8-4-3-5-9(14)11(8)12(17-15)10-6-1-2-7-16-10/h1-7,12,17H,15H2. The van der Waals surface area contributed by atoms with Crippen molar-refractivity contribution < 1.29 is 8.78 Å². The number of nitrogens with two attached hydrogens (primary N) is 1. The number of rotatable bonds is 3. The highest BCUT2D eigenvalue weighted by molar-refractivity contribution is 5.30. The lowest BCUT2D eigenvalue weighted by atomic mass is 10.0. The molecular weight excluding hydrogens is 224 g/mol. The van der Waals surface area contributed by atoms with E-state index in [0.717, 1.165) is 0 Å². The van der Waals surface area contributed by atoms with E-state index in [1.807, 2.05) is 0 Å². The molecule has 1 aromatic heterocycles. The van der Waals surface area contributed by atoms with E-state index in [1.165, 1.54) is 18.2 Å². The molecule has 0 radical (unpaired) electrons. The molecule has 0 aliphatic heterocycles. The van der Waals surface area contributed by atoms with E-state index in [0.29, 0.717) is 5.69 Å². The smallest absolute Gasteiger partial charge is 0.131 e. The molecular formula is C12H11F2N3. The minimum Gasteiger partial charge on any atom is -0.271 e. The maximum absolute atomic E-state index is 13.6. The van der Waals surface area contributed by atoms with Gasteiger partial charge in [-0.2, -0.15) is 0 Å². The fraction of sp³-hybridized carbons (Fsp3) is 0.0833. The van der Waals surface area contributed by atoms with Crippen molar-refractivity contribution >= 4 is 0 Å². The number of hydrogen-bond donors (Lipinski definition) is 2. The molecule has 0 bridgehead atoms. The monoisotopic (exact) mass is 235 g/mol. The fourth-order valence-corrected chi connectivity index (χ4v) is 1.65. The van der Waals surface area contributed by atoms with Crippen LogP contribution in [0.15, 0.2) is 42.6 Å². The molecule has 3 nitrogen and oxygen atoms in total. The molecule has 2 rings (SSSR count). The van der Waals surface area contributed by atoms with Gasteiger partial charge in [0, 0.05) is 11.8 Å². The number of nitrogens with one attached hydrogen (secondary N) is 1. The van der Waals surface area contributed by atoms with Crippen LogP contribution in [0.5, 0.6) is 0 Å². The molecule has 0 aliphatic rings. The van der Waals surface area contributed by atoms with Crippen LogP contribution in [0.4, 0.5) is 8.78 Å². The summed E-state index contributed by atoms with van der Waals surface area (Å²) in [4.78, 5) is 4.03. The van der Waals surface area contributed by atoms with Crippen LogP contribution in [0.3, 0.4) is 0 Å². The average molecular weight is 235 g/mol. The lowest BCUT2D eigenvalue weighted by Crippen LogP contribution is -2.30. The minimum atomic E-state index is -0.808. The van der Waals surface area contributed by atoms with Gasteiger partial charge in [-0.25, -0.2) is 14.2 Å². The van der Waals surface area contributed by atoms with Crippen LogP contribution in [0.1, 0.15) is 17.3 Å². The van der Waals surface area contributed by atoms with Gasteiger partial charge in [-0.1, -0.05) is 12.1 Å². The Kier molecular flexibility index (Phi) is 3.41. The molecule has 0 fully saturated rings. The summed E-state index contributed by atoms with van der Waals surface area (Å²) in [5.41, 5.74) is 2.70. The third-order valence-electron chi connectivity index (χ3n) is 2.44. The van der Waals surface area contributed by atoms with E-state index in [1.54, 1.807) is 24.4 Å². The normalized spacial score (nSPS) is 12.4. The van der Waals surface area contributed by atoms with Gasteiger partial charge in [0.15, 0.2) is 0 Å². The fourth-order valence-electron chi connectivity index (χ4n) is 1.65. The van der Waals surface area contributed by atoms with Gasteiger partial charge in [-0.3, -0.25) is 10.8 Å². The number of aromatic nitrogens is 1. The van der Waals surface area contributed by atoms with E-state index in [9.17, 15) is 8.78 Å². The zero-order chi connectivity index (χ0) is 12.3. The molecule has 1 heterocycles. The van der Waals surface area contributed by atoms with Crippen LogP contribution in [-0.4, -0.2) is 4.98 Å². The molecule has 5 heteroatoms. The number of hydrazine groups is 1. The topological polar surface area (TPSA) is 50.9 Å². The number of halogens is 2. The summed E-state index contributed by atoms with van der Waals surface area (Å²) in [5.74, 6) is 4.04. The first-order valence-electron chi connectivity index (χ1n) is 5.05. The Bertz CT molecular complexity index is 482. The Balaban J connectivity index is 2.50. The van der Waals surface area contributed by atoms with Gasteiger partial charge in [0.25, 0.3) is 0 Å². The second kappa shape index (κ2) is 4.99. The summed E-state index contributed by atoms with van der Waals surface area (Å²) in [6.07, 6.45) is 1.54. The summed E-state index contributed by atoms with van der Waals surface area (Å²) in [6, 6.07) is 7.96. The quantitative estimate of drug-likeness (QED) is 0.631. The van der Waals surface area contributed by atoms with Crippen molar-refractivity contribution in [2.75, 3.05) is 0 Å². The van der Waals surface area contributed by atoms with Crippen LogP contribution in [0, 0.1) is 11.6 Å². The van der Waals surface area contributed by atoms with Crippen molar-refractivity contribution in [3.05, 3.63) is 65.5 Å². The minimum absolute atomic E-state index is 0.131. The summed E-state index contributed by atoms with van der Waals surface area (Å²) in [7, 11) is 0. The lowest BCUT2D eigenvalue weighted by Gasteiger charge is -2.16. The van der Waals surface area contributed by atoms with Gasteiger partial charge in [0.1, 0.15) is 11.6 Å².